The molecule has 0 saturated carbocycles. The first kappa shape index (κ1) is 9.20. The maximum Gasteiger partial charge on any atom is 0.168 e. The van der Waals surface area contributed by atoms with Crippen molar-refractivity contribution in [1.29, 1.82) is 5.26 Å². The number of nitrogens with two attached hydrogens (primary N) is 1. The number of nitrogens with zero attached hydrogens (tertiary/aromatic N) is 1. The van der Waals surface area contributed by atoms with E-state index in [4.69, 9.17) is 11.0 Å². The third kappa shape index (κ3) is 1.82. The number of benzene rings is 1. The molecule has 0 fully saturated rings. The second kappa shape index (κ2) is 3.68. The van der Waals surface area contributed by atoms with Gasteiger partial charge in [0.1, 0.15) is 0 Å². The van der Waals surface area contributed by atoms with Gasteiger partial charge in [-0.05, 0) is 12.1 Å². The van der Waals surface area contributed by atoms with Gasteiger partial charge in [0.2, 0.25) is 0 Å². The zero-order chi connectivity index (χ0) is 9.84. The normalized spacial score (nSPS) is 11.0. The van der Waals surface area contributed by atoms with Gasteiger partial charge in [-0.3, -0.25) is 0 Å². The summed E-state index contributed by atoms with van der Waals surface area (Å²) in [6.45, 7) is 0. The van der Waals surface area contributed by atoms with Crippen molar-refractivity contribution in [3.05, 3.63) is 41.5 Å². The van der Waals surface area contributed by atoms with Crippen LogP contribution in [-0.4, -0.2) is 0 Å². The molecule has 2 N–H and O–H groups in total. The van der Waals surface area contributed by atoms with Crippen LogP contribution in [0.4, 0.5) is 8.78 Å². The zero-order valence-electron chi connectivity index (χ0n) is 6.59. The Morgan fingerprint density at radius 2 is 2.15 bits per heavy atom. The fraction of sp³-hybridized carbons (Fsp3) is 0. The highest BCUT2D eigenvalue weighted by Crippen LogP contribution is 2.16. The van der Waals surface area contributed by atoms with Gasteiger partial charge in [-0.15, -0.1) is 0 Å². The van der Waals surface area contributed by atoms with Crippen molar-refractivity contribution in [2.45, 2.75) is 0 Å². The van der Waals surface area contributed by atoms with Crippen molar-refractivity contribution < 1.29 is 8.78 Å². The highest BCUT2D eigenvalue weighted by Gasteiger charge is 2.08. The minimum Gasteiger partial charge on any atom is -0.398 e. The van der Waals surface area contributed by atoms with Crippen molar-refractivity contribution in [3.8, 4) is 6.07 Å². The lowest BCUT2D eigenvalue weighted by Gasteiger charge is -2.01. The van der Waals surface area contributed by atoms with Gasteiger partial charge in [0.15, 0.2) is 11.6 Å². The summed E-state index contributed by atoms with van der Waals surface area (Å²) in [6.07, 6.45) is 0.956. The molecule has 13 heavy (non-hydrogen) atoms. The largest absolute Gasteiger partial charge is 0.398 e. The molecule has 0 unspecified atom stereocenters. The summed E-state index contributed by atoms with van der Waals surface area (Å²) in [5.74, 6) is -2.02. The van der Waals surface area contributed by atoms with E-state index in [9.17, 15) is 8.78 Å². The lowest BCUT2D eigenvalue weighted by atomic mass is 10.1. The van der Waals surface area contributed by atoms with Crippen LogP contribution in [0, 0.1) is 23.0 Å². The quantitative estimate of drug-likeness (QED) is 0.670. The van der Waals surface area contributed by atoms with Crippen LogP contribution >= 0.6 is 0 Å². The summed E-state index contributed by atoms with van der Waals surface area (Å²) in [5, 5.41) is 8.24. The summed E-state index contributed by atoms with van der Waals surface area (Å²) in [4.78, 5) is 0. The molecule has 0 atom stereocenters. The second-order valence-corrected chi connectivity index (χ2v) is 2.33. The fourth-order valence-electron chi connectivity index (χ4n) is 0.874. The summed E-state index contributed by atoms with van der Waals surface area (Å²) >= 11 is 0. The molecule has 0 heterocycles. The Hall–Kier alpha value is -1.89. The van der Waals surface area contributed by atoms with E-state index in [1.807, 2.05) is 0 Å². The van der Waals surface area contributed by atoms with E-state index in [-0.39, 0.29) is 11.3 Å². The molecule has 0 aliphatic carbocycles. The third-order valence-corrected chi connectivity index (χ3v) is 1.48. The van der Waals surface area contributed by atoms with Crippen LogP contribution in [0.2, 0.25) is 0 Å². The Kier molecular flexibility index (Phi) is 2.60. The Bertz CT molecular complexity index is 391. The number of hydrogen-bond donors (Lipinski definition) is 1. The molecule has 0 saturated heterocycles. The van der Waals surface area contributed by atoms with Gasteiger partial charge in [0, 0.05) is 11.6 Å². The molecule has 0 aromatic heterocycles. The van der Waals surface area contributed by atoms with E-state index in [1.54, 1.807) is 6.07 Å². The molecule has 0 bridgehead atoms. The average molecular weight is 180 g/mol. The summed E-state index contributed by atoms with van der Waals surface area (Å²) in [5.41, 5.74) is 5.13. The molecular weight excluding hydrogens is 174 g/mol. The number of rotatable bonds is 1. The van der Waals surface area contributed by atoms with Crippen molar-refractivity contribution in [3.63, 3.8) is 0 Å². The summed E-state index contributed by atoms with van der Waals surface area (Å²) in [7, 11) is 0. The number of halogens is 2. The van der Waals surface area contributed by atoms with Crippen LogP contribution in [0.3, 0.4) is 0 Å². The SMILES string of the molecule is N#C/C=C(/N)c1cccc(F)c1F. The Morgan fingerprint density at radius 3 is 2.77 bits per heavy atom. The van der Waals surface area contributed by atoms with Crippen LogP contribution in [0.5, 0.6) is 0 Å². The van der Waals surface area contributed by atoms with Crippen molar-refractivity contribution in [1.82, 2.24) is 0 Å². The number of hydrogen-bond acceptors (Lipinski definition) is 2. The van der Waals surface area contributed by atoms with Gasteiger partial charge in [0.25, 0.3) is 0 Å². The Morgan fingerprint density at radius 1 is 1.46 bits per heavy atom. The van der Waals surface area contributed by atoms with Crippen molar-refractivity contribution >= 4 is 5.70 Å². The van der Waals surface area contributed by atoms with E-state index in [0.29, 0.717) is 0 Å². The van der Waals surface area contributed by atoms with Crippen LogP contribution in [-0.2, 0) is 0 Å². The number of allylic oxidation sites excluding steroid dienone is 1. The smallest absolute Gasteiger partial charge is 0.168 e. The minimum atomic E-state index is -1.04. The first-order valence-electron chi connectivity index (χ1n) is 3.46. The molecule has 66 valence electrons. The summed E-state index contributed by atoms with van der Waals surface area (Å²) in [6, 6.07) is 5.25. The predicted molar refractivity (Wildman–Crippen MR) is 44.1 cm³/mol. The predicted octanol–water partition coefficient (Wildman–Crippen LogP) is 1.79. The van der Waals surface area contributed by atoms with Crippen LogP contribution < -0.4 is 5.73 Å². The van der Waals surface area contributed by atoms with Gasteiger partial charge in [-0.2, -0.15) is 5.26 Å². The highest BCUT2D eigenvalue weighted by atomic mass is 19.2. The van der Waals surface area contributed by atoms with Gasteiger partial charge >= 0.3 is 0 Å². The lowest BCUT2D eigenvalue weighted by Crippen LogP contribution is -2.00. The van der Waals surface area contributed by atoms with E-state index >= 15 is 0 Å². The monoisotopic (exact) mass is 180 g/mol. The highest BCUT2D eigenvalue weighted by molar-refractivity contribution is 5.65. The molecule has 0 aliphatic rings. The van der Waals surface area contributed by atoms with E-state index in [2.05, 4.69) is 0 Å². The fourth-order valence-corrected chi connectivity index (χ4v) is 0.874. The van der Waals surface area contributed by atoms with E-state index in [0.717, 1.165) is 12.1 Å². The maximum atomic E-state index is 13.0. The standard InChI is InChI=1S/C9H6F2N2/c10-7-3-1-2-6(9(7)11)8(13)4-5-12/h1-4H,13H2/b8-4+. The summed E-state index contributed by atoms with van der Waals surface area (Å²) < 4.78 is 25.6. The van der Waals surface area contributed by atoms with Gasteiger partial charge in [-0.1, -0.05) is 6.07 Å². The molecule has 4 heteroatoms. The van der Waals surface area contributed by atoms with Crippen LogP contribution in [0.15, 0.2) is 24.3 Å². The van der Waals surface area contributed by atoms with E-state index < -0.39 is 11.6 Å². The topological polar surface area (TPSA) is 49.8 Å². The van der Waals surface area contributed by atoms with Crippen LogP contribution in [0.25, 0.3) is 5.70 Å². The second-order valence-electron chi connectivity index (χ2n) is 2.33. The van der Waals surface area contributed by atoms with E-state index in [1.165, 1.54) is 12.1 Å². The number of nitriles is 1. The average Bonchev–Trinajstić information content (AvgIpc) is 2.10. The maximum absolute atomic E-state index is 13.0. The molecule has 1 aromatic carbocycles. The molecule has 0 aliphatic heterocycles. The molecular formula is C9H6F2N2. The minimum absolute atomic E-state index is 0.0838. The first-order valence-corrected chi connectivity index (χ1v) is 3.46. The van der Waals surface area contributed by atoms with Crippen LogP contribution in [0.1, 0.15) is 5.56 Å². The van der Waals surface area contributed by atoms with Gasteiger partial charge in [0.05, 0.1) is 11.8 Å². The van der Waals surface area contributed by atoms with Crippen molar-refractivity contribution in [2.75, 3.05) is 0 Å². The molecule has 0 amide bonds. The molecule has 0 radical (unpaired) electrons. The Balaban J connectivity index is 3.25. The molecule has 2 nitrogen and oxygen atoms in total. The lowest BCUT2D eigenvalue weighted by molar-refractivity contribution is 0.506. The third-order valence-electron chi connectivity index (χ3n) is 1.48. The first-order chi connectivity index (χ1) is 6.16. The zero-order valence-corrected chi connectivity index (χ0v) is 6.59. The molecule has 1 aromatic rings. The molecule has 0 spiro atoms. The Labute approximate surface area is 73.9 Å². The van der Waals surface area contributed by atoms with Crippen molar-refractivity contribution in [2.24, 2.45) is 5.73 Å². The van der Waals surface area contributed by atoms with Gasteiger partial charge in [-0.25, -0.2) is 8.78 Å². The molecule has 1 rings (SSSR count). The van der Waals surface area contributed by atoms with Gasteiger partial charge < -0.3 is 5.73 Å².